The average Bonchev–Trinajstić information content (AvgIpc) is 2.49. The van der Waals surface area contributed by atoms with E-state index in [1.54, 1.807) is 13.8 Å². The number of ether oxygens (including phenoxy) is 2. The van der Waals surface area contributed by atoms with Crippen LogP contribution in [0.3, 0.4) is 0 Å². The van der Waals surface area contributed by atoms with E-state index in [1.807, 2.05) is 0 Å². The Hall–Kier alpha value is -2.16. The predicted molar refractivity (Wildman–Crippen MR) is 86.4 cm³/mol. The van der Waals surface area contributed by atoms with E-state index in [1.165, 1.54) is 24.3 Å². The molecule has 0 unspecified atom stereocenters. The van der Waals surface area contributed by atoms with Crippen LogP contribution in [-0.4, -0.2) is 29.8 Å². The summed E-state index contributed by atoms with van der Waals surface area (Å²) in [5.41, 5.74) is -1.00. The van der Waals surface area contributed by atoms with Crippen molar-refractivity contribution in [2.45, 2.75) is 49.9 Å². The van der Waals surface area contributed by atoms with E-state index in [2.05, 4.69) is 4.40 Å². The lowest BCUT2D eigenvalue weighted by molar-refractivity contribution is -0.384. The molecule has 1 heterocycles. The zero-order valence-electron chi connectivity index (χ0n) is 13.4. The van der Waals surface area contributed by atoms with Crippen molar-refractivity contribution in [3.05, 3.63) is 34.4 Å². The fraction of sp³-hybridized carbons (Fsp3) is 0.533. The number of fused-ring (bicyclic) bond motifs is 1. The number of rotatable bonds is 2. The second-order valence-electron chi connectivity index (χ2n) is 6.46. The van der Waals surface area contributed by atoms with E-state index in [-0.39, 0.29) is 17.5 Å². The SMILES string of the molecule is C[C@]12CCCC[C@@]1(C)S(=O)(=O)N=C(Oc1ccc([N+](=O)[O-])cc1)O2. The van der Waals surface area contributed by atoms with Crippen LogP contribution in [0.15, 0.2) is 28.7 Å². The summed E-state index contributed by atoms with van der Waals surface area (Å²) in [6.07, 6.45) is 2.41. The molecule has 3 rings (SSSR count). The molecular weight excluding hydrogens is 336 g/mol. The first-order valence-corrected chi connectivity index (χ1v) is 9.07. The van der Waals surface area contributed by atoms with Gasteiger partial charge in [-0.15, -0.1) is 0 Å². The fourth-order valence-corrected chi connectivity index (χ4v) is 4.76. The molecule has 0 aromatic heterocycles. The predicted octanol–water partition coefficient (Wildman–Crippen LogP) is 2.78. The molecule has 0 saturated heterocycles. The van der Waals surface area contributed by atoms with E-state index < -0.39 is 25.3 Å². The van der Waals surface area contributed by atoms with Crippen molar-refractivity contribution < 1.29 is 22.8 Å². The topological polar surface area (TPSA) is 108 Å². The van der Waals surface area contributed by atoms with Crippen LogP contribution >= 0.6 is 0 Å². The minimum absolute atomic E-state index is 0.0895. The van der Waals surface area contributed by atoms with Crippen LogP contribution in [0.5, 0.6) is 5.75 Å². The molecule has 1 aromatic rings. The molecule has 1 fully saturated rings. The highest BCUT2D eigenvalue weighted by Gasteiger charge is 2.60. The van der Waals surface area contributed by atoms with Gasteiger partial charge in [-0.2, -0.15) is 0 Å². The van der Waals surface area contributed by atoms with Crippen molar-refractivity contribution in [3.63, 3.8) is 0 Å². The molecule has 9 heteroatoms. The number of hydrogen-bond donors (Lipinski definition) is 0. The lowest BCUT2D eigenvalue weighted by Crippen LogP contribution is -2.61. The molecule has 0 N–H and O–H groups in total. The molecule has 1 aliphatic heterocycles. The minimum atomic E-state index is -3.80. The van der Waals surface area contributed by atoms with Crippen molar-refractivity contribution in [1.29, 1.82) is 0 Å². The van der Waals surface area contributed by atoms with Gasteiger partial charge in [0.05, 0.1) is 4.92 Å². The highest BCUT2D eigenvalue weighted by atomic mass is 32.2. The lowest BCUT2D eigenvalue weighted by Gasteiger charge is -2.49. The zero-order valence-corrected chi connectivity index (χ0v) is 14.2. The number of hydrogen-bond acceptors (Lipinski definition) is 6. The van der Waals surface area contributed by atoms with E-state index >= 15 is 0 Å². The first-order chi connectivity index (χ1) is 11.2. The van der Waals surface area contributed by atoms with Gasteiger partial charge in [-0.05, 0) is 45.2 Å². The number of nitrogens with zero attached hydrogens (tertiary/aromatic N) is 2. The zero-order chi connectivity index (χ0) is 17.6. The summed E-state index contributed by atoms with van der Waals surface area (Å²) < 4.78 is 39.1. The summed E-state index contributed by atoms with van der Waals surface area (Å²) in [6.45, 7) is 3.42. The van der Waals surface area contributed by atoms with Gasteiger partial charge < -0.3 is 9.47 Å². The summed E-state index contributed by atoms with van der Waals surface area (Å²) in [5, 5.41) is 10.7. The van der Waals surface area contributed by atoms with Crippen LogP contribution in [0.25, 0.3) is 0 Å². The average molecular weight is 354 g/mol. The fourth-order valence-electron chi connectivity index (χ4n) is 3.20. The largest absolute Gasteiger partial charge is 0.442 e. The van der Waals surface area contributed by atoms with Crippen LogP contribution < -0.4 is 4.74 Å². The Morgan fingerprint density at radius 2 is 1.83 bits per heavy atom. The molecule has 24 heavy (non-hydrogen) atoms. The molecule has 1 aliphatic carbocycles. The van der Waals surface area contributed by atoms with Crippen molar-refractivity contribution in [2.75, 3.05) is 0 Å². The Morgan fingerprint density at radius 3 is 2.46 bits per heavy atom. The third kappa shape index (κ3) is 2.52. The van der Waals surface area contributed by atoms with Gasteiger partial charge in [-0.1, -0.05) is 10.8 Å². The summed E-state index contributed by atoms with van der Waals surface area (Å²) in [6, 6.07) is 5.26. The quantitative estimate of drug-likeness (QED) is 0.597. The van der Waals surface area contributed by atoms with Gasteiger partial charge in [0.1, 0.15) is 16.1 Å². The van der Waals surface area contributed by atoms with E-state index in [4.69, 9.17) is 9.47 Å². The number of nitro benzene ring substituents is 1. The summed E-state index contributed by atoms with van der Waals surface area (Å²) >= 11 is 0. The van der Waals surface area contributed by atoms with Gasteiger partial charge in [0.2, 0.25) is 0 Å². The second kappa shape index (κ2) is 5.44. The van der Waals surface area contributed by atoms with Gasteiger partial charge in [-0.25, -0.2) is 8.42 Å². The van der Waals surface area contributed by atoms with Crippen molar-refractivity contribution >= 4 is 21.8 Å². The molecule has 1 saturated carbocycles. The number of sulfonamides is 1. The number of non-ortho nitro benzene ring substituents is 1. The van der Waals surface area contributed by atoms with Crippen LogP contribution in [0, 0.1) is 10.1 Å². The van der Waals surface area contributed by atoms with Crippen molar-refractivity contribution in [3.8, 4) is 5.75 Å². The smallest absolute Gasteiger partial charge is 0.405 e. The second-order valence-corrected chi connectivity index (χ2v) is 8.49. The summed E-state index contributed by atoms with van der Waals surface area (Å²) in [7, 11) is -3.80. The number of nitro groups is 1. The third-order valence-corrected chi connectivity index (χ3v) is 7.17. The molecule has 2 aliphatic rings. The molecule has 8 nitrogen and oxygen atoms in total. The molecule has 1 aromatic carbocycles. The van der Waals surface area contributed by atoms with E-state index in [9.17, 15) is 18.5 Å². The molecule has 0 spiro atoms. The maximum atomic E-state index is 12.7. The first kappa shape index (κ1) is 16.7. The van der Waals surface area contributed by atoms with Gasteiger partial charge in [-0.3, -0.25) is 10.1 Å². The minimum Gasteiger partial charge on any atom is -0.442 e. The molecular formula is C15H18N2O6S. The maximum Gasteiger partial charge on any atom is 0.405 e. The summed E-state index contributed by atoms with van der Waals surface area (Å²) in [5.74, 6) is 0.220. The lowest BCUT2D eigenvalue weighted by atomic mass is 9.76. The Morgan fingerprint density at radius 1 is 1.21 bits per heavy atom. The first-order valence-electron chi connectivity index (χ1n) is 7.63. The number of benzene rings is 1. The van der Waals surface area contributed by atoms with Crippen LogP contribution in [0.1, 0.15) is 39.5 Å². The van der Waals surface area contributed by atoms with Crippen molar-refractivity contribution in [2.24, 2.45) is 4.40 Å². The summed E-state index contributed by atoms with van der Waals surface area (Å²) in [4.78, 5) is 10.1. The molecule has 0 amide bonds. The van der Waals surface area contributed by atoms with Gasteiger partial charge in [0.15, 0.2) is 0 Å². The van der Waals surface area contributed by atoms with E-state index in [0.29, 0.717) is 12.8 Å². The highest BCUT2D eigenvalue weighted by molar-refractivity contribution is 7.91. The molecule has 0 radical (unpaired) electrons. The standard InChI is InChI=1S/C15H18N2O6S/c1-14-9-3-4-10-15(14,2)24(20,21)16-13(23-14)22-12-7-5-11(6-8-12)17(18)19/h5-8H,3-4,9-10H2,1-2H3/t14-,15+/m0/s1. The monoisotopic (exact) mass is 354 g/mol. The Bertz CT molecular complexity index is 804. The van der Waals surface area contributed by atoms with Crippen LogP contribution in [-0.2, 0) is 14.8 Å². The Labute approximate surface area is 139 Å². The van der Waals surface area contributed by atoms with Crippen LogP contribution in [0.2, 0.25) is 0 Å². The van der Waals surface area contributed by atoms with Gasteiger partial charge in [0.25, 0.3) is 15.7 Å². The van der Waals surface area contributed by atoms with Gasteiger partial charge in [0, 0.05) is 12.1 Å². The maximum absolute atomic E-state index is 12.7. The Balaban J connectivity index is 1.91. The Kier molecular flexibility index (Phi) is 3.78. The molecule has 130 valence electrons. The molecule has 2 atom stereocenters. The third-order valence-electron chi connectivity index (χ3n) is 5.01. The van der Waals surface area contributed by atoms with Gasteiger partial charge >= 0.3 is 6.08 Å². The highest BCUT2D eigenvalue weighted by Crippen LogP contribution is 2.48. The van der Waals surface area contributed by atoms with Crippen LogP contribution in [0.4, 0.5) is 5.69 Å². The molecule has 0 bridgehead atoms. The van der Waals surface area contributed by atoms with E-state index in [0.717, 1.165) is 12.8 Å². The van der Waals surface area contributed by atoms with Crippen molar-refractivity contribution in [1.82, 2.24) is 0 Å². The normalized spacial score (nSPS) is 31.3.